The average Bonchev–Trinajstić information content (AvgIpc) is 2.45. The number of nitro groups is 1. The molecule has 110 valence electrons. The molecule has 0 aliphatic rings. The molecule has 0 fully saturated rings. The van der Waals surface area contributed by atoms with Gasteiger partial charge >= 0.3 is 0 Å². The zero-order chi connectivity index (χ0) is 15.4. The topological polar surface area (TPSA) is 81.2 Å². The fourth-order valence-corrected chi connectivity index (χ4v) is 2.56. The van der Waals surface area contributed by atoms with Gasteiger partial charge in [0, 0.05) is 22.8 Å². The van der Waals surface area contributed by atoms with E-state index in [1.54, 1.807) is 6.07 Å². The maximum atomic E-state index is 13.5. The van der Waals surface area contributed by atoms with Crippen LogP contribution < -0.4 is 11.3 Å². The Kier molecular flexibility index (Phi) is 4.71. The van der Waals surface area contributed by atoms with Gasteiger partial charge < -0.3 is 5.43 Å². The molecule has 2 aromatic rings. The molecule has 3 N–H and O–H groups in total. The Morgan fingerprint density at radius 1 is 1.24 bits per heavy atom. The van der Waals surface area contributed by atoms with Gasteiger partial charge in [0.15, 0.2) is 0 Å². The van der Waals surface area contributed by atoms with E-state index in [4.69, 9.17) is 5.84 Å². The van der Waals surface area contributed by atoms with E-state index >= 15 is 0 Å². The third-order valence-electron chi connectivity index (χ3n) is 2.70. The second-order valence-electron chi connectivity index (χ2n) is 4.12. The predicted molar refractivity (Wildman–Crippen MR) is 76.8 cm³/mol. The maximum absolute atomic E-state index is 13.5. The summed E-state index contributed by atoms with van der Waals surface area (Å²) in [6, 6.07) is 7.74. The van der Waals surface area contributed by atoms with E-state index in [0.29, 0.717) is 10.6 Å². The number of nitro benzene ring substituents is 1. The highest BCUT2D eigenvalue weighted by Crippen LogP contribution is 2.30. The fraction of sp³-hybridized carbons (Fsp3) is 0.0769. The molecule has 0 amide bonds. The zero-order valence-corrected chi connectivity index (χ0v) is 11.5. The number of hydrogen-bond donors (Lipinski definition) is 2. The van der Waals surface area contributed by atoms with Crippen molar-refractivity contribution in [3.63, 3.8) is 0 Å². The summed E-state index contributed by atoms with van der Waals surface area (Å²) in [5, 5.41) is 10.8. The minimum Gasteiger partial charge on any atom is -0.318 e. The lowest BCUT2D eigenvalue weighted by Crippen LogP contribution is -2.09. The Hall–Kier alpha value is -2.19. The van der Waals surface area contributed by atoms with E-state index in [1.165, 1.54) is 24.3 Å². The summed E-state index contributed by atoms with van der Waals surface area (Å²) in [5.74, 6) is 4.34. The van der Waals surface area contributed by atoms with Crippen LogP contribution in [-0.2, 0) is 5.75 Å². The van der Waals surface area contributed by atoms with Crippen molar-refractivity contribution in [3.05, 3.63) is 63.7 Å². The first-order valence-electron chi connectivity index (χ1n) is 5.83. The summed E-state index contributed by atoms with van der Waals surface area (Å²) in [6.07, 6.45) is 0. The third kappa shape index (κ3) is 3.67. The average molecular weight is 311 g/mol. The van der Waals surface area contributed by atoms with Gasteiger partial charge in [-0.3, -0.25) is 16.0 Å². The van der Waals surface area contributed by atoms with Crippen LogP contribution in [0.15, 0.2) is 41.3 Å². The van der Waals surface area contributed by atoms with E-state index < -0.39 is 16.6 Å². The van der Waals surface area contributed by atoms with Gasteiger partial charge in [0.1, 0.15) is 17.3 Å². The minimum atomic E-state index is -0.640. The number of hydrazine groups is 1. The van der Waals surface area contributed by atoms with Crippen molar-refractivity contribution in [1.82, 2.24) is 0 Å². The number of nitrogens with zero attached hydrogens (tertiary/aromatic N) is 1. The van der Waals surface area contributed by atoms with Gasteiger partial charge in [-0.05, 0) is 23.8 Å². The highest BCUT2D eigenvalue weighted by molar-refractivity contribution is 7.98. The van der Waals surface area contributed by atoms with Crippen LogP contribution in [0.2, 0.25) is 0 Å². The normalized spacial score (nSPS) is 10.4. The van der Waals surface area contributed by atoms with Crippen molar-refractivity contribution < 1.29 is 13.7 Å². The lowest BCUT2D eigenvalue weighted by atomic mass is 10.2. The van der Waals surface area contributed by atoms with Crippen LogP contribution in [0.3, 0.4) is 0 Å². The van der Waals surface area contributed by atoms with E-state index in [2.05, 4.69) is 5.43 Å². The second kappa shape index (κ2) is 6.51. The van der Waals surface area contributed by atoms with Gasteiger partial charge in [0.05, 0.1) is 4.92 Å². The molecule has 0 saturated carbocycles. The highest BCUT2D eigenvalue weighted by atomic mass is 32.2. The van der Waals surface area contributed by atoms with Crippen LogP contribution in [0.1, 0.15) is 5.56 Å². The Morgan fingerprint density at radius 3 is 2.62 bits per heavy atom. The summed E-state index contributed by atoms with van der Waals surface area (Å²) in [5.41, 5.74) is 3.02. The van der Waals surface area contributed by atoms with Gasteiger partial charge in [-0.25, -0.2) is 8.78 Å². The summed E-state index contributed by atoms with van der Waals surface area (Å²) in [4.78, 5) is 10.5. The quantitative estimate of drug-likeness (QED) is 0.382. The molecule has 0 saturated heterocycles. The monoisotopic (exact) mass is 311 g/mol. The highest BCUT2D eigenvalue weighted by Gasteiger charge is 2.13. The Labute approximate surface area is 123 Å². The Morgan fingerprint density at radius 2 is 2.00 bits per heavy atom. The molecule has 0 bridgehead atoms. The molecule has 0 heterocycles. The van der Waals surface area contributed by atoms with Crippen LogP contribution in [0.4, 0.5) is 20.2 Å². The van der Waals surface area contributed by atoms with Crippen LogP contribution in [-0.4, -0.2) is 4.92 Å². The summed E-state index contributed by atoms with van der Waals surface area (Å²) in [6.45, 7) is 0. The third-order valence-corrected chi connectivity index (χ3v) is 3.82. The van der Waals surface area contributed by atoms with E-state index in [1.807, 2.05) is 0 Å². The van der Waals surface area contributed by atoms with Crippen molar-refractivity contribution in [1.29, 1.82) is 0 Å². The first kappa shape index (κ1) is 15.2. The van der Waals surface area contributed by atoms with Gasteiger partial charge in [-0.1, -0.05) is 6.07 Å². The lowest BCUT2D eigenvalue weighted by molar-refractivity contribution is -0.384. The number of nitrogen functional groups attached to an aromatic ring is 1. The molecule has 21 heavy (non-hydrogen) atoms. The number of anilines is 1. The number of rotatable bonds is 5. The van der Waals surface area contributed by atoms with E-state index in [9.17, 15) is 18.9 Å². The fourth-order valence-electron chi connectivity index (χ4n) is 1.70. The molecule has 0 atom stereocenters. The van der Waals surface area contributed by atoms with Gasteiger partial charge in [0.25, 0.3) is 5.69 Å². The molecule has 8 heteroatoms. The van der Waals surface area contributed by atoms with Crippen molar-refractivity contribution >= 4 is 23.1 Å². The summed E-state index contributed by atoms with van der Waals surface area (Å²) in [7, 11) is 0. The number of nitrogens with two attached hydrogens (primary N) is 1. The van der Waals surface area contributed by atoms with Crippen LogP contribution in [0, 0.1) is 21.7 Å². The van der Waals surface area contributed by atoms with Crippen molar-refractivity contribution in [3.8, 4) is 0 Å². The van der Waals surface area contributed by atoms with Gasteiger partial charge in [-0.2, -0.15) is 0 Å². The molecule has 0 radical (unpaired) electrons. The molecule has 0 spiro atoms. The standard InChI is InChI=1S/C13H11F2N3O2S/c14-9-2-4-13(10(15)6-9)21-7-8-1-3-12(18(19)20)11(5-8)17-16/h1-6,17H,7,16H2. The number of hydrogen-bond acceptors (Lipinski definition) is 5. The number of thioether (sulfide) groups is 1. The second-order valence-corrected chi connectivity index (χ2v) is 5.13. The number of nitrogens with one attached hydrogen (secondary N) is 1. The Bertz CT molecular complexity index is 682. The molecule has 0 aliphatic carbocycles. The van der Waals surface area contributed by atoms with Crippen LogP contribution in [0.5, 0.6) is 0 Å². The first-order chi connectivity index (χ1) is 10.0. The van der Waals surface area contributed by atoms with Gasteiger partial charge in [-0.15, -0.1) is 11.8 Å². The maximum Gasteiger partial charge on any atom is 0.293 e. The molecule has 0 unspecified atom stereocenters. The predicted octanol–water partition coefficient (Wildman–Crippen LogP) is 3.45. The molecule has 2 rings (SSSR count). The lowest BCUT2D eigenvalue weighted by Gasteiger charge is -2.06. The summed E-state index contributed by atoms with van der Waals surface area (Å²) >= 11 is 1.16. The molecule has 0 aromatic heterocycles. The molecule has 2 aromatic carbocycles. The molecular formula is C13H11F2N3O2S. The van der Waals surface area contributed by atoms with Crippen LogP contribution in [0.25, 0.3) is 0 Å². The van der Waals surface area contributed by atoms with Crippen molar-refractivity contribution in [2.24, 2.45) is 5.84 Å². The largest absolute Gasteiger partial charge is 0.318 e. The molecule has 5 nitrogen and oxygen atoms in total. The number of benzene rings is 2. The van der Waals surface area contributed by atoms with E-state index in [0.717, 1.165) is 23.4 Å². The van der Waals surface area contributed by atoms with Crippen LogP contribution >= 0.6 is 11.8 Å². The Balaban J connectivity index is 2.15. The first-order valence-corrected chi connectivity index (χ1v) is 6.81. The number of halogens is 2. The SMILES string of the molecule is NNc1cc(CSc2ccc(F)cc2F)ccc1[N+](=O)[O-]. The van der Waals surface area contributed by atoms with Gasteiger partial charge in [0.2, 0.25) is 0 Å². The van der Waals surface area contributed by atoms with Crippen molar-refractivity contribution in [2.75, 3.05) is 5.43 Å². The molecule has 0 aliphatic heterocycles. The minimum absolute atomic E-state index is 0.140. The van der Waals surface area contributed by atoms with E-state index in [-0.39, 0.29) is 11.4 Å². The smallest absolute Gasteiger partial charge is 0.293 e. The summed E-state index contributed by atoms with van der Waals surface area (Å²) < 4.78 is 26.3. The molecular weight excluding hydrogens is 300 g/mol. The van der Waals surface area contributed by atoms with Crippen molar-refractivity contribution in [2.45, 2.75) is 10.6 Å². The zero-order valence-electron chi connectivity index (χ0n) is 10.7.